The predicted molar refractivity (Wildman–Crippen MR) is 35.4 cm³/mol. The van der Waals surface area contributed by atoms with E-state index in [1.807, 2.05) is 0 Å². The van der Waals surface area contributed by atoms with Crippen LogP contribution in [0.15, 0.2) is 17.7 Å². The molecule has 53 valence electrons. The van der Waals surface area contributed by atoms with Crippen LogP contribution >= 0.6 is 0 Å². The van der Waals surface area contributed by atoms with E-state index in [2.05, 4.69) is 32.1 Å². The van der Waals surface area contributed by atoms with Crippen molar-refractivity contribution in [2.45, 2.75) is 20.3 Å². The predicted octanol–water partition coefficient (Wildman–Crippen LogP) is 2.33. The van der Waals surface area contributed by atoms with Crippen molar-refractivity contribution < 1.29 is 38.6 Å². The van der Waals surface area contributed by atoms with Gasteiger partial charge in [-0.05, 0) is 0 Å². The summed E-state index contributed by atoms with van der Waals surface area (Å²) in [6.45, 7) is 4.38. The van der Waals surface area contributed by atoms with Gasteiger partial charge in [0, 0.05) is 38.6 Å². The van der Waals surface area contributed by atoms with Gasteiger partial charge in [0.25, 0.3) is 0 Å². The Balaban J connectivity index is 0.000000640. The average molecular weight is 266 g/mol. The quantitative estimate of drug-likeness (QED) is 0.639. The Morgan fingerprint density at radius 1 is 1.56 bits per heavy atom. The molecule has 0 amide bonds. The zero-order chi connectivity index (χ0) is 5.98. The van der Waals surface area contributed by atoms with Gasteiger partial charge in [-0.15, -0.1) is 6.42 Å². The Morgan fingerprint density at radius 2 is 2.22 bits per heavy atom. The minimum atomic E-state index is 0. The molecule has 0 bridgehead atoms. The maximum atomic E-state index is 3.26. The molecule has 9 heavy (non-hydrogen) atoms. The van der Waals surface area contributed by atoms with E-state index in [0.717, 1.165) is 6.42 Å². The van der Waals surface area contributed by atoms with Gasteiger partial charge in [0.05, 0.1) is 0 Å². The third-order valence-corrected chi connectivity index (χ3v) is 1.34. The Hall–Kier alpha value is 0.766. The molecule has 0 aromatic heterocycles. The van der Waals surface area contributed by atoms with Gasteiger partial charge in [-0.25, -0.2) is 11.6 Å². The van der Waals surface area contributed by atoms with Crippen LogP contribution in [0, 0.1) is 50.6 Å². The van der Waals surface area contributed by atoms with Crippen LogP contribution in [0.5, 0.6) is 0 Å². The SMILES string of the molecule is CC(C)C1=[C-]CC=C1.[Tb]. The molecule has 1 aliphatic carbocycles. The van der Waals surface area contributed by atoms with Crippen molar-refractivity contribution in [1.82, 2.24) is 0 Å². The second-order valence-corrected chi connectivity index (χ2v) is 2.39. The van der Waals surface area contributed by atoms with E-state index in [1.165, 1.54) is 5.57 Å². The largest absolute Gasteiger partial charge is 0.269 e. The topological polar surface area (TPSA) is 0 Å². The van der Waals surface area contributed by atoms with E-state index >= 15 is 0 Å². The molecule has 0 aromatic carbocycles. The van der Waals surface area contributed by atoms with Crippen LogP contribution in [-0.4, -0.2) is 0 Å². The molecule has 0 aromatic rings. The minimum Gasteiger partial charge on any atom is -0.269 e. The van der Waals surface area contributed by atoms with Crippen LogP contribution in [-0.2, 0) is 0 Å². The van der Waals surface area contributed by atoms with E-state index in [0.29, 0.717) is 5.92 Å². The Morgan fingerprint density at radius 3 is 2.44 bits per heavy atom. The molecule has 1 aliphatic rings. The van der Waals surface area contributed by atoms with Crippen molar-refractivity contribution in [3.8, 4) is 0 Å². The van der Waals surface area contributed by atoms with E-state index < -0.39 is 0 Å². The Bertz CT molecular complexity index is 132. The van der Waals surface area contributed by atoms with Gasteiger partial charge in [0.1, 0.15) is 0 Å². The molecule has 0 N–H and O–H groups in total. The van der Waals surface area contributed by atoms with Crippen LogP contribution in [0.2, 0.25) is 0 Å². The normalized spacial score (nSPS) is 15.7. The maximum absolute atomic E-state index is 3.26. The Kier molecular flexibility index (Phi) is 4.95. The third kappa shape index (κ3) is 2.90. The van der Waals surface area contributed by atoms with Crippen LogP contribution in [0.1, 0.15) is 20.3 Å². The van der Waals surface area contributed by atoms with Crippen molar-refractivity contribution in [2.75, 3.05) is 0 Å². The fourth-order valence-corrected chi connectivity index (χ4v) is 0.818. The molecule has 0 heterocycles. The standard InChI is InChI=1S/C8H11.Tb/c1-7(2)8-5-3-4-6-8;/h3,5,7H,4H2,1-2H3;/q-1;. The van der Waals surface area contributed by atoms with Crippen LogP contribution in [0.4, 0.5) is 0 Å². The average Bonchev–Trinajstić information content (AvgIpc) is 2.12. The van der Waals surface area contributed by atoms with Crippen LogP contribution in [0.25, 0.3) is 0 Å². The summed E-state index contributed by atoms with van der Waals surface area (Å²) in [7, 11) is 0. The summed E-state index contributed by atoms with van der Waals surface area (Å²) in [5, 5.41) is 0. The molecule has 1 rings (SSSR count). The van der Waals surface area contributed by atoms with Crippen LogP contribution in [0.3, 0.4) is 0 Å². The van der Waals surface area contributed by atoms with Gasteiger partial charge in [-0.2, -0.15) is 6.08 Å². The zero-order valence-electron chi connectivity index (χ0n) is 5.77. The molecule has 0 unspecified atom stereocenters. The van der Waals surface area contributed by atoms with Crippen molar-refractivity contribution in [2.24, 2.45) is 5.92 Å². The van der Waals surface area contributed by atoms with E-state index in [1.54, 1.807) is 0 Å². The van der Waals surface area contributed by atoms with E-state index in [-0.39, 0.29) is 38.6 Å². The molecule has 0 atom stereocenters. The zero-order valence-corrected chi connectivity index (χ0v) is 7.91. The third-order valence-electron chi connectivity index (χ3n) is 1.34. The summed E-state index contributed by atoms with van der Waals surface area (Å²) < 4.78 is 0. The Labute approximate surface area is 87.8 Å². The van der Waals surface area contributed by atoms with Gasteiger partial charge < -0.3 is 0 Å². The fraction of sp³-hybridized carbons (Fsp3) is 0.500. The second kappa shape index (κ2) is 4.56. The summed E-state index contributed by atoms with van der Waals surface area (Å²) in [6, 6.07) is 0. The van der Waals surface area contributed by atoms with E-state index in [4.69, 9.17) is 0 Å². The molecular weight excluding hydrogens is 255 g/mol. The summed E-state index contributed by atoms with van der Waals surface area (Å²) in [5.41, 5.74) is 1.37. The monoisotopic (exact) mass is 266 g/mol. The molecule has 1 heteroatoms. The smallest absolute Gasteiger partial charge is 0 e. The number of rotatable bonds is 1. The number of hydrogen-bond acceptors (Lipinski definition) is 0. The summed E-state index contributed by atoms with van der Waals surface area (Å²) in [4.78, 5) is 0. The van der Waals surface area contributed by atoms with Crippen LogP contribution < -0.4 is 0 Å². The molecule has 0 fully saturated rings. The fourth-order valence-electron chi connectivity index (χ4n) is 0.818. The summed E-state index contributed by atoms with van der Waals surface area (Å²) in [6.07, 6.45) is 8.59. The van der Waals surface area contributed by atoms with Gasteiger partial charge in [0.15, 0.2) is 0 Å². The molecule has 0 spiro atoms. The first-order valence-electron chi connectivity index (χ1n) is 3.08. The minimum absolute atomic E-state index is 0. The molecule has 0 saturated carbocycles. The van der Waals surface area contributed by atoms with Crippen molar-refractivity contribution in [3.63, 3.8) is 0 Å². The first-order chi connectivity index (χ1) is 3.80. The molecule has 0 aliphatic heterocycles. The second-order valence-electron chi connectivity index (χ2n) is 2.39. The first-order valence-corrected chi connectivity index (χ1v) is 3.08. The van der Waals surface area contributed by atoms with Crippen molar-refractivity contribution >= 4 is 0 Å². The van der Waals surface area contributed by atoms with E-state index in [9.17, 15) is 0 Å². The molecule has 0 nitrogen and oxygen atoms in total. The molecular formula is C8H11Tb-. The summed E-state index contributed by atoms with van der Waals surface area (Å²) >= 11 is 0. The van der Waals surface area contributed by atoms with Crippen molar-refractivity contribution in [1.29, 1.82) is 0 Å². The summed E-state index contributed by atoms with van der Waals surface area (Å²) in [5.74, 6) is 0.661. The molecule has 1 radical (unpaired) electrons. The first kappa shape index (κ1) is 9.77. The van der Waals surface area contributed by atoms with Crippen molar-refractivity contribution in [3.05, 3.63) is 23.8 Å². The van der Waals surface area contributed by atoms with Gasteiger partial charge >= 0.3 is 0 Å². The van der Waals surface area contributed by atoms with Gasteiger partial charge in [-0.3, -0.25) is 6.08 Å². The van der Waals surface area contributed by atoms with Gasteiger partial charge in [0.2, 0.25) is 0 Å². The maximum Gasteiger partial charge on any atom is 0 e. The molecule has 0 saturated heterocycles. The van der Waals surface area contributed by atoms with Gasteiger partial charge in [-0.1, -0.05) is 19.8 Å². The number of allylic oxidation sites excluding steroid dienone is 4. The number of hydrogen-bond donors (Lipinski definition) is 0.